The predicted octanol–water partition coefficient (Wildman–Crippen LogP) is 6.86. The summed E-state index contributed by atoms with van der Waals surface area (Å²) in [6, 6.07) is 15.9. The summed E-state index contributed by atoms with van der Waals surface area (Å²) in [6.45, 7) is 2.92. The van der Waals surface area contributed by atoms with Crippen LogP contribution in [0.1, 0.15) is 81.4 Å². The molecule has 6 rings (SSSR count). The van der Waals surface area contributed by atoms with Crippen LogP contribution in [0.15, 0.2) is 48.5 Å². The Balaban J connectivity index is 1.17. The summed E-state index contributed by atoms with van der Waals surface area (Å²) in [5, 5.41) is 0. The zero-order valence-electron chi connectivity index (χ0n) is 22.2. The number of fused-ring (bicyclic) bond motifs is 1. The van der Waals surface area contributed by atoms with Crippen molar-refractivity contribution >= 4 is 12.2 Å². The molecule has 0 unspecified atom stereocenters. The lowest BCUT2D eigenvalue weighted by molar-refractivity contribution is -0.182. The maximum absolute atomic E-state index is 13.2. The summed E-state index contributed by atoms with van der Waals surface area (Å²) in [7, 11) is 0. The van der Waals surface area contributed by atoms with E-state index in [0.717, 1.165) is 56.9 Å². The standard InChI is InChI=1S/C31H37NO6/c1-30(14-7-8-15-30)36-29(34)38-37-24-13-12-23-19-27-25-11-5-6-16-31(25,26(23)20-24)17-18-32(27)28(33)35-21-22-9-3-2-4-10-22/h2-4,9-10,12-13,20,25,27H,5-8,11,14-19,21H2,1H3/t25-,27+,31+/m0/s1. The van der Waals surface area contributed by atoms with Gasteiger partial charge in [0.05, 0.1) is 0 Å². The number of carbonyl (C=O) groups excluding carboxylic acids is 2. The third-order valence-electron chi connectivity index (χ3n) is 9.44. The minimum atomic E-state index is -0.789. The number of benzene rings is 2. The van der Waals surface area contributed by atoms with Gasteiger partial charge in [0, 0.05) is 18.0 Å². The topological polar surface area (TPSA) is 74.3 Å². The van der Waals surface area contributed by atoms with Crippen molar-refractivity contribution in [3.8, 4) is 5.75 Å². The molecule has 0 N–H and O–H groups in total. The largest absolute Gasteiger partial charge is 0.550 e. The van der Waals surface area contributed by atoms with Gasteiger partial charge < -0.3 is 14.4 Å². The van der Waals surface area contributed by atoms with Crippen molar-refractivity contribution in [2.75, 3.05) is 6.54 Å². The lowest BCUT2D eigenvalue weighted by atomic mass is 9.52. The molecular weight excluding hydrogens is 482 g/mol. The molecule has 2 aromatic carbocycles. The predicted molar refractivity (Wildman–Crippen MR) is 141 cm³/mol. The van der Waals surface area contributed by atoms with Gasteiger partial charge in [0.2, 0.25) is 0 Å². The highest BCUT2D eigenvalue weighted by Gasteiger charge is 2.55. The van der Waals surface area contributed by atoms with Crippen LogP contribution in [0.2, 0.25) is 0 Å². The van der Waals surface area contributed by atoms with Crippen LogP contribution >= 0.6 is 0 Å². The molecule has 202 valence electrons. The van der Waals surface area contributed by atoms with E-state index in [9.17, 15) is 9.59 Å². The van der Waals surface area contributed by atoms with Crippen LogP contribution in [-0.4, -0.2) is 35.3 Å². The zero-order chi connectivity index (χ0) is 26.2. The maximum Gasteiger partial charge on any atom is 0.550 e. The van der Waals surface area contributed by atoms with Crippen molar-refractivity contribution in [2.45, 2.75) is 94.8 Å². The summed E-state index contributed by atoms with van der Waals surface area (Å²) < 4.78 is 11.3. The van der Waals surface area contributed by atoms with Crippen molar-refractivity contribution in [3.05, 3.63) is 65.2 Å². The summed E-state index contributed by atoms with van der Waals surface area (Å²) in [5.41, 5.74) is 3.06. The molecule has 1 amide bonds. The molecule has 0 aromatic heterocycles. The third-order valence-corrected chi connectivity index (χ3v) is 9.44. The Bertz CT molecular complexity index is 1180. The molecule has 7 heteroatoms. The minimum Gasteiger partial charge on any atom is -0.445 e. The van der Waals surface area contributed by atoms with Gasteiger partial charge in [-0.05, 0) is 93.0 Å². The number of hydrogen-bond acceptors (Lipinski definition) is 6. The third kappa shape index (κ3) is 4.72. The molecular formula is C31H37NO6. The van der Waals surface area contributed by atoms with Crippen LogP contribution in [0.4, 0.5) is 9.59 Å². The molecule has 1 heterocycles. The Kier molecular flexibility index (Phi) is 6.70. The molecule has 1 aliphatic heterocycles. The summed E-state index contributed by atoms with van der Waals surface area (Å²) in [4.78, 5) is 38.0. The molecule has 2 bridgehead atoms. The zero-order valence-corrected chi connectivity index (χ0v) is 22.2. The van der Waals surface area contributed by atoms with E-state index < -0.39 is 11.8 Å². The second kappa shape index (κ2) is 10.2. The fraction of sp³-hybridized carbons (Fsp3) is 0.548. The van der Waals surface area contributed by atoms with Crippen LogP contribution in [0, 0.1) is 5.92 Å². The van der Waals surface area contributed by atoms with Gasteiger partial charge in [-0.25, -0.2) is 9.68 Å². The molecule has 7 nitrogen and oxygen atoms in total. The van der Waals surface area contributed by atoms with Crippen LogP contribution in [0.5, 0.6) is 5.75 Å². The van der Waals surface area contributed by atoms with Crippen LogP contribution in [-0.2, 0) is 32.8 Å². The average molecular weight is 520 g/mol. The first kappa shape index (κ1) is 25.1. The Morgan fingerprint density at radius 3 is 2.58 bits per heavy atom. The van der Waals surface area contributed by atoms with Gasteiger partial charge in [-0.3, -0.25) is 4.89 Å². The van der Waals surface area contributed by atoms with E-state index in [1.807, 2.05) is 48.2 Å². The van der Waals surface area contributed by atoms with E-state index in [1.54, 1.807) is 0 Å². The number of rotatable bonds is 5. The van der Waals surface area contributed by atoms with Gasteiger partial charge in [0.25, 0.3) is 0 Å². The van der Waals surface area contributed by atoms with Crippen molar-refractivity contribution in [1.82, 2.24) is 4.90 Å². The minimum absolute atomic E-state index is 0.00388. The molecule has 2 saturated carbocycles. The first-order chi connectivity index (χ1) is 18.5. The van der Waals surface area contributed by atoms with Crippen LogP contribution in [0.3, 0.4) is 0 Å². The summed E-state index contributed by atoms with van der Waals surface area (Å²) in [6.07, 6.45) is 9.04. The molecule has 4 aliphatic rings. The first-order valence-corrected chi connectivity index (χ1v) is 14.1. The van der Waals surface area contributed by atoms with Gasteiger partial charge >= 0.3 is 12.2 Å². The van der Waals surface area contributed by atoms with Crippen molar-refractivity contribution in [3.63, 3.8) is 0 Å². The van der Waals surface area contributed by atoms with E-state index in [1.165, 1.54) is 24.0 Å². The molecule has 2 aromatic rings. The van der Waals surface area contributed by atoms with Gasteiger partial charge in [0.1, 0.15) is 12.2 Å². The van der Waals surface area contributed by atoms with E-state index in [2.05, 4.69) is 12.1 Å². The van der Waals surface area contributed by atoms with Crippen LogP contribution in [0.25, 0.3) is 0 Å². The fourth-order valence-electron chi connectivity index (χ4n) is 7.59. The van der Waals surface area contributed by atoms with E-state index in [4.69, 9.17) is 19.2 Å². The highest BCUT2D eigenvalue weighted by atomic mass is 17.2. The second-order valence-electron chi connectivity index (χ2n) is 11.8. The van der Waals surface area contributed by atoms with Gasteiger partial charge in [0.15, 0.2) is 5.75 Å². The molecule has 0 radical (unpaired) electrons. The number of likely N-dealkylation sites (tertiary alicyclic amines) is 1. The number of amides is 1. The van der Waals surface area contributed by atoms with Gasteiger partial charge in [-0.2, -0.15) is 4.79 Å². The van der Waals surface area contributed by atoms with Crippen molar-refractivity contribution in [1.29, 1.82) is 0 Å². The fourth-order valence-corrected chi connectivity index (χ4v) is 7.59. The lowest BCUT2D eigenvalue weighted by Crippen LogP contribution is -2.62. The van der Waals surface area contributed by atoms with Gasteiger partial charge in [-0.15, -0.1) is 0 Å². The quantitative estimate of drug-likeness (QED) is 0.244. The Hall–Kier alpha value is -3.22. The Labute approximate surface area is 224 Å². The van der Waals surface area contributed by atoms with E-state index >= 15 is 0 Å². The van der Waals surface area contributed by atoms with E-state index in [0.29, 0.717) is 18.2 Å². The number of nitrogens with zero attached hydrogens (tertiary/aromatic N) is 1. The monoisotopic (exact) mass is 519 g/mol. The van der Waals surface area contributed by atoms with Crippen molar-refractivity contribution in [2.24, 2.45) is 5.92 Å². The maximum atomic E-state index is 13.2. The lowest BCUT2D eigenvalue weighted by Gasteiger charge is -2.58. The number of hydrogen-bond donors (Lipinski definition) is 0. The number of ether oxygens (including phenoxy) is 2. The molecule has 0 spiro atoms. The normalized spacial score (nSPS) is 27.0. The molecule has 3 atom stereocenters. The molecule has 3 fully saturated rings. The average Bonchev–Trinajstić information content (AvgIpc) is 3.37. The highest BCUT2D eigenvalue weighted by molar-refractivity contribution is 5.69. The number of piperidine rings is 1. The highest BCUT2D eigenvalue weighted by Crippen LogP contribution is 2.56. The first-order valence-electron chi connectivity index (χ1n) is 14.1. The van der Waals surface area contributed by atoms with Crippen LogP contribution < -0.4 is 4.89 Å². The Morgan fingerprint density at radius 1 is 0.974 bits per heavy atom. The SMILES string of the molecule is CC1(OC(=O)OOc2ccc3c(c2)[C@@]24CCCC[C@H]2[C@@H](C3)N(C(=O)OCc2ccccc2)CC4)CCCC1. The summed E-state index contributed by atoms with van der Waals surface area (Å²) in [5.74, 6) is 0.893. The number of carbonyl (C=O) groups is 2. The van der Waals surface area contributed by atoms with E-state index in [-0.39, 0.29) is 24.2 Å². The smallest absolute Gasteiger partial charge is 0.445 e. The van der Waals surface area contributed by atoms with Crippen molar-refractivity contribution < 1.29 is 28.8 Å². The van der Waals surface area contributed by atoms with Gasteiger partial charge in [-0.1, -0.05) is 49.2 Å². The Morgan fingerprint density at radius 2 is 1.76 bits per heavy atom. The summed E-state index contributed by atoms with van der Waals surface area (Å²) >= 11 is 0. The molecule has 1 saturated heterocycles. The molecule has 3 aliphatic carbocycles. The molecule has 38 heavy (non-hydrogen) atoms. The second-order valence-corrected chi connectivity index (χ2v) is 11.8.